The molecule has 2 aromatic carbocycles. The van der Waals surface area contributed by atoms with E-state index in [1.165, 1.54) is 16.8 Å². The summed E-state index contributed by atoms with van der Waals surface area (Å²) in [5.41, 5.74) is 0.540. The van der Waals surface area contributed by atoms with Crippen LogP contribution in [0, 0.1) is 5.41 Å². The molecule has 0 saturated heterocycles. The van der Waals surface area contributed by atoms with Crippen molar-refractivity contribution in [2.24, 2.45) is 12.5 Å². The van der Waals surface area contributed by atoms with E-state index in [0.29, 0.717) is 16.3 Å². The maximum Gasteiger partial charge on any atom is 0.422 e. The fourth-order valence-corrected chi connectivity index (χ4v) is 4.77. The topological polar surface area (TPSA) is 177 Å². The maximum atomic E-state index is 12.9. The molecular formula is C32H34ClF3N10O4. The number of hydrogen-bond acceptors (Lipinski definition) is 10. The van der Waals surface area contributed by atoms with Gasteiger partial charge < -0.3 is 31.3 Å². The second-order valence-electron chi connectivity index (χ2n) is 12.4. The summed E-state index contributed by atoms with van der Waals surface area (Å²) in [7, 11) is 1.68. The van der Waals surface area contributed by atoms with E-state index in [1.54, 1.807) is 43.6 Å². The highest BCUT2D eigenvalue weighted by Gasteiger charge is 2.45. The second-order valence-corrected chi connectivity index (χ2v) is 12.9. The molecule has 4 aromatic rings. The fourth-order valence-electron chi connectivity index (χ4n) is 4.65. The number of ether oxygens (including phenoxy) is 1. The van der Waals surface area contributed by atoms with Crippen LogP contribution < -0.4 is 31.3 Å². The standard InChI is InChI=1S/C32H34ClF3N10O4/c1-30(2,17-38-25(48)26(49)40-23-12-15-46(3)45-23)16-37-24(47)19-4-10-22(11-5-19)39-27-41-28(43-29(42-27)50-18-32(34,35)36)44-31(13-14-31)20-6-8-21(33)9-7-20/h4-12,15H,13-14,16-18H2,1-3H3,(H,37,47)(H,38,48)(H,40,45,49)(H2,39,41,42,43,44). The zero-order valence-corrected chi connectivity index (χ0v) is 27.9. The summed E-state index contributed by atoms with van der Waals surface area (Å²) in [4.78, 5) is 49.7. The van der Waals surface area contributed by atoms with E-state index < -0.39 is 47.5 Å². The van der Waals surface area contributed by atoms with E-state index in [2.05, 4.69) is 46.6 Å². The number of aromatic nitrogens is 5. The van der Waals surface area contributed by atoms with Crippen LogP contribution in [-0.2, 0) is 22.2 Å². The zero-order chi connectivity index (χ0) is 36.1. The normalized spacial score (nSPS) is 13.6. The number of halogens is 4. The molecule has 0 spiro atoms. The first-order chi connectivity index (χ1) is 23.6. The van der Waals surface area contributed by atoms with Crippen molar-refractivity contribution in [2.45, 2.75) is 38.4 Å². The van der Waals surface area contributed by atoms with E-state index in [4.69, 9.17) is 16.3 Å². The number of hydrogen-bond donors (Lipinski definition) is 5. The van der Waals surface area contributed by atoms with E-state index in [1.807, 2.05) is 26.0 Å². The Kier molecular flexibility index (Phi) is 10.4. The van der Waals surface area contributed by atoms with Crippen molar-refractivity contribution in [3.8, 4) is 6.01 Å². The summed E-state index contributed by atoms with van der Waals surface area (Å²) < 4.78 is 45.0. The van der Waals surface area contributed by atoms with Gasteiger partial charge in [0.2, 0.25) is 11.9 Å². The van der Waals surface area contributed by atoms with Gasteiger partial charge in [0, 0.05) is 48.7 Å². The Hall–Kier alpha value is -5.45. The molecule has 1 fully saturated rings. The summed E-state index contributed by atoms with van der Waals surface area (Å²) >= 11 is 6.02. The van der Waals surface area contributed by atoms with Crippen molar-refractivity contribution in [3.05, 3.63) is 76.9 Å². The van der Waals surface area contributed by atoms with Crippen LogP contribution in [0.25, 0.3) is 0 Å². The summed E-state index contributed by atoms with van der Waals surface area (Å²) in [6, 6.07) is 14.4. The minimum Gasteiger partial charge on any atom is -0.454 e. The fraction of sp³-hybridized carbons (Fsp3) is 0.344. The first-order valence-corrected chi connectivity index (χ1v) is 15.7. The zero-order valence-electron chi connectivity index (χ0n) is 27.2. The average Bonchev–Trinajstić information content (AvgIpc) is 3.73. The van der Waals surface area contributed by atoms with Crippen molar-refractivity contribution in [1.82, 2.24) is 35.4 Å². The predicted octanol–water partition coefficient (Wildman–Crippen LogP) is 4.56. The molecule has 1 aliphatic rings. The molecule has 0 aliphatic heterocycles. The lowest BCUT2D eigenvalue weighted by molar-refractivity contribution is -0.154. The van der Waals surface area contributed by atoms with Crippen LogP contribution in [0.3, 0.4) is 0 Å². The molecule has 2 heterocycles. The summed E-state index contributed by atoms with van der Waals surface area (Å²) in [5.74, 6) is -1.93. The van der Waals surface area contributed by atoms with Crippen LogP contribution in [0.15, 0.2) is 60.8 Å². The number of carbonyl (C=O) groups excluding carboxylic acids is 3. The largest absolute Gasteiger partial charge is 0.454 e. The molecule has 0 atom stereocenters. The van der Waals surface area contributed by atoms with Crippen LogP contribution in [0.2, 0.25) is 5.02 Å². The Morgan fingerprint density at radius 2 is 1.56 bits per heavy atom. The molecule has 5 rings (SSSR count). The van der Waals surface area contributed by atoms with Gasteiger partial charge in [0.1, 0.15) is 0 Å². The van der Waals surface area contributed by atoms with E-state index >= 15 is 0 Å². The molecule has 0 unspecified atom stereocenters. The third-order valence-corrected chi connectivity index (χ3v) is 7.75. The molecule has 50 heavy (non-hydrogen) atoms. The van der Waals surface area contributed by atoms with Gasteiger partial charge in [0.15, 0.2) is 12.4 Å². The molecule has 1 saturated carbocycles. The van der Waals surface area contributed by atoms with Gasteiger partial charge in [-0.1, -0.05) is 37.6 Å². The highest BCUT2D eigenvalue weighted by Crippen LogP contribution is 2.48. The SMILES string of the molecule is Cn1ccc(NC(=O)C(=O)NCC(C)(C)CNC(=O)c2ccc(Nc3nc(NC4(c5ccc(Cl)cc5)CC4)nc(OCC(F)(F)F)n3)cc2)n1. The average molecular weight is 715 g/mol. The smallest absolute Gasteiger partial charge is 0.422 e. The molecule has 18 heteroatoms. The minimum atomic E-state index is -4.61. The Labute approximate surface area is 289 Å². The predicted molar refractivity (Wildman–Crippen MR) is 178 cm³/mol. The van der Waals surface area contributed by atoms with Gasteiger partial charge in [-0.25, -0.2) is 0 Å². The lowest BCUT2D eigenvalue weighted by Gasteiger charge is -2.25. The van der Waals surface area contributed by atoms with Gasteiger partial charge in [0.25, 0.3) is 5.91 Å². The molecule has 1 aliphatic carbocycles. The number of nitrogens with one attached hydrogen (secondary N) is 5. The highest BCUT2D eigenvalue weighted by atomic mass is 35.5. The Morgan fingerprint density at radius 3 is 2.18 bits per heavy atom. The lowest BCUT2D eigenvalue weighted by atomic mass is 9.93. The van der Waals surface area contributed by atoms with Gasteiger partial charge in [-0.15, -0.1) is 0 Å². The molecule has 2 aromatic heterocycles. The van der Waals surface area contributed by atoms with Gasteiger partial charge in [0.05, 0.1) is 5.54 Å². The van der Waals surface area contributed by atoms with Gasteiger partial charge in [-0.2, -0.15) is 33.2 Å². The van der Waals surface area contributed by atoms with E-state index in [-0.39, 0.29) is 30.8 Å². The molecular weight excluding hydrogens is 681 g/mol. The number of nitrogens with zero attached hydrogens (tertiary/aromatic N) is 5. The first kappa shape index (κ1) is 35.8. The first-order valence-electron chi connectivity index (χ1n) is 15.3. The monoisotopic (exact) mass is 714 g/mol. The third-order valence-electron chi connectivity index (χ3n) is 7.50. The van der Waals surface area contributed by atoms with Crippen molar-refractivity contribution < 1.29 is 32.3 Å². The number of carbonyl (C=O) groups is 3. The molecule has 264 valence electrons. The van der Waals surface area contributed by atoms with Crippen LogP contribution in [0.5, 0.6) is 6.01 Å². The van der Waals surface area contributed by atoms with Crippen LogP contribution in [0.4, 0.5) is 36.6 Å². The number of amides is 3. The Balaban J connectivity index is 1.18. The molecule has 3 amide bonds. The number of rotatable bonds is 13. The Bertz CT molecular complexity index is 1850. The molecule has 0 radical (unpaired) electrons. The lowest BCUT2D eigenvalue weighted by Crippen LogP contribution is -2.45. The summed E-state index contributed by atoms with van der Waals surface area (Å²) in [6.45, 7) is 2.30. The van der Waals surface area contributed by atoms with Crippen molar-refractivity contribution >= 4 is 52.7 Å². The number of benzene rings is 2. The molecule has 14 nitrogen and oxygen atoms in total. The number of anilines is 4. The number of alkyl halides is 3. The molecule has 5 N–H and O–H groups in total. The van der Waals surface area contributed by atoms with Crippen molar-refractivity contribution in [1.29, 1.82) is 0 Å². The van der Waals surface area contributed by atoms with E-state index in [9.17, 15) is 27.6 Å². The maximum absolute atomic E-state index is 12.9. The van der Waals surface area contributed by atoms with Crippen molar-refractivity contribution in [3.63, 3.8) is 0 Å². The van der Waals surface area contributed by atoms with E-state index in [0.717, 1.165) is 18.4 Å². The minimum absolute atomic E-state index is 0.00996. The molecule has 0 bridgehead atoms. The van der Waals surface area contributed by atoms with Crippen molar-refractivity contribution in [2.75, 3.05) is 35.6 Å². The van der Waals surface area contributed by atoms with Gasteiger partial charge in [-0.05, 0) is 60.2 Å². The van der Waals surface area contributed by atoms with Gasteiger partial charge in [-0.3, -0.25) is 19.1 Å². The number of aryl methyl sites for hydroxylation is 1. The van der Waals surface area contributed by atoms with Crippen LogP contribution >= 0.6 is 11.6 Å². The third kappa shape index (κ3) is 10.0. The summed E-state index contributed by atoms with van der Waals surface area (Å²) in [5, 5.41) is 18.5. The summed E-state index contributed by atoms with van der Waals surface area (Å²) in [6.07, 6.45) is -1.51. The quantitative estimate of drug-likeness (QED) is 0.124. The van der Waals surface area contributed by atoms with Gasteiger partial charge >= 0.3 is 24.0 Å². The second kappa shape index (κ2) is 14.6. The highest BCUT2D eigenvalue weighted by molar-refractivity contribution is 6.39. The van der Waals surface area contributed by atoms with Crippen LogP contribution in [0.1, 0.15) is 42.6 Å². The van der Waals surface area contributed by atoms with Crippen LogP contribution in [-0.4, -0.2) is 68.3 Å². The Morgan fingerprint density at radius 1 is 0.900 bits per heavy atom.